The van der Waals surface area contributed by atoms with Gasteiger partial charge in [-0.15, -0.1) is 12.4 Å². The van der Waals surface area contributed by atoms with Crippen LogP contribution >= 0.6 is 12.4 Å². The van der Waals surface area contributed by atoms with E-state index in [2.05, 4.69) is 5.32 Å². The van der Waals surface area contributed by atoms with Gasteiger partial charge in [0.15, 0.2) is 23.6 Å². The number of hydrogen-bond donors (Lipinski definition) is 1. The summed E-state index contributed by atoms with van der Waals surface area (Å²) in [5.41, 5.74) is 1.44. The van der Waals surface area contributed by atoms with Crippen LogP contribution in [0.25, 0.3) is 11.0 Å². The Kier molecular flexibility index (Phi) is 6.02. The molecule has 0 fully saturated rings. The van der Waals surface area contributed by atoms with Crippen molar-refractivity contribution in [2.75, 3.05) is 13.6 Å². The van der Waals surface area contributed by atoms with Gasteiger partial charge < -0.3 is 14.5 Å². The van der Waals surface area contributed by atoms with Crippen molar-refractivity contribution < 1.29 is 13.5 Å². The minimum atomic E-state index is -1.17. The number of fused-ring (bicyclic) bond motifs is 1. The maximum Gasteiger partial charge on any atom is 0.175 e. The van der Waals surface area contributed by atoms with Crippen LogP contribution < -0.4 is 10.1 Å². The largest absolute Gasteiger partial charge is 0.479 e. The Morgan fingerprint density at radius 2 is 1.87 bits per heavy atom. The molecule has 0 unspecified atom stereocenters. The van der Waals surface area contributed by atoms with Gasteiger partial charge in [0.05, 0.1) is 6.26 Å². The molecule has 0 radical (unpaired) electrons. The Morgan fingerprint density at radius 3 is 2.61 bits per heavy atom. The molecule has 2 atom stereocenters. The normalized spacial score (nSPS) is 13.3. The summed E-state index contributed by atoms with van der Waals surface area (Å²) >= 11 is 0. The number of para-hydroxylation sites is 1. The summed E-state index contributed by atoms with van der Waals surface area (Å²) in [6.45, 7) is 0.216. The van der Waals surface area contributed by atoms with E-state index in [1.54, 1.807) is 19.4 Å². The summed E-state index contributed by atoms with van der Waals surface area (Å²) in [6, 6.07) is 16.9. The van der Waals surface area contributed by atoms with E-state index in [1.165, 1.54) is 0 Å². The summed E-state index contributed by atoms with van der Waals surface area (Å²) in [7, 11) is 1.72. The summed E-state index contributed by atoms with van der Waals surface area (Å²) in [5, 5.41) is 3.80. The van der Waals surface area contributed by atoms with E-state index in [0.29, 0.717) is 11.3 Å². The number of rotatable bonds is 6. The molecule has 5 heteroatoms. The van der Waals surface area contributed by atoms with E-state index < -0.39 is 12.3 Å². The number of halogens is 2. The van der Waals surface area contributed by atoms with Crippen molar-refractivity contribution in [1.29, 1.82) is 0 Å². The molecule has 3 rings (SSSR count). The van der Waals surface area contributed by atoms with E-state index >= 15 is 0 Å². The van der Waals surface area contributed by atoms with Gasteiger partial charge in [0.25, 0.3) is 0 Å². The van der Waals surface area contributed by atoms with Gasteiger partial charge in [0, 0.05) is 11.9 Å². The molecular weight excluding hydrogens is 317 g/mol. The van der Waals surface area contributed by atoms with E-state index in [1.807, 2.05) is 48.5 Å². The monoisotopic (exact) mass is 335 g/mol. The zero-order valence-electron chi connectivity index (χ0n) is 12.7. The molecule has 1 heterocycles. The van der Waals surface area contributed by atoms with Crippen LogP contribution in [0.5, 0.6) is 5.75 Å². The highest BCUT2D eigenvalue weighted by Crippen LogP contribution is 2.32. The zero-order chi connectivity index (χ0) is 15.4. The first-order chi connectivity index (χ1) is 10.8. The van der Waals surface area contributed by atoms with E-state index in [4.69, 9.17) is 9.15 Å². The van der Waals surface area contributed by atoms with Crippen molar-refractivity contribution in [2.24, 2.45) is 0 Å². The molecule has 0 aliphatic rings. The fourth-order valence-corrected chi connectivity index (χ4v) is 2.49. The molecule has 3 nitrogen and oxygen atoms in total. The van der Waals surface area contributed by atoms with Crippen LogP contribution in [-0.4, -0.2) is 19.8 Å². The van der Waals surface area contributed by atoms with Gasteiger partial charge >= 0.3 is 0 Å². The molecule has 122 valence electrons. The van der Waals surface area contributed by atoms with Crippen molar-refractivity contribution >= 4 is 23.4 Å². The van der Waals surface area contributed by atoms with Gasteiger partial charge in [0.2, 0.25) is 0 Å². The van der Waals surface area contributed by atoms with E-state index in [0.717, 1.165) is 10.9 Å². The highest BCUT2D eigenvalue weighted by molar-refractivity contribution is 5.85. The fourth-order valence-electron chi connectivity index (χ4n) is 2.49. The maximum atomic E-state index is 14.5. The van der Waals surface area contributed by atoms with Gasteiger partial charge in [-0.1, -0.05) is 42.5 Å². The van der Waals surface area contributed by atoms with E-state index in [-0.39, 0.29) is 19.0 Å². The third-order valence-electron chi connectivity index (χ3n) is 3.55. The van der Waals surface area contributed by atoms with Crippen LogP contribution in [0.4, 0.5) is 4.39 Å². The molecule has 23 heavy (non-hydrogen) atoms. The highest BCUT2D eigenvalue weighted by Gasteiger charge is 2.25. The van der Waals surface area contributed by atoms with Crippen LogP contribution in [-0.2, 0) is 0 Å². The summed E-state index contributed by atoms with van der Waals surface area (Å²) in [6.07, 6.45) is -0.253. The average Bonchev–Trinajstić information content (AvgIpc) is 3.03. The molecule has 0 aliphatic carbocycles. The van der Waals surface area contributed by atoms with Crippen molar-refractivity contribution in [3.8, 4) is 5.75 Å². The lowest BCUT2D eigenvalue weighted by molar-refractivity contribution is 0.101. The quantitative estimate of drug-likeness (QED) is 0.718. The Balaban J connectivity index is 0.00000192. The van der Waals surface area contributed by atoms with Gasteiger partial charge in [-0.3, -0.25) is 0 Å². The van der Waals surface area contributed by atoms with Gasteiger partial charge in [-0.25, -0.2) is 4.39 Å². The first-order valence-corrected chi connectivity index (χ1v) is 7.26. The van der Waals surface area contributed by atoms with Crippen LogP contribution in [0.15, 0.2) is 65.3 Å². The third kappa shape index (κ3) is 3.84. The molecule has 0 bridgehead atoms. The van der Waals surface area contributed by atoms with Gasteiger partial charge in [-0.05, 0) is 24.7 Å². The Morgan fingerprint density at radius 1 is 1.09 bits per heavy atom. The molecule has 0 saturated carbocycles. The van der Waals surface area contributed by atoms with Crippen molar-refractivity contribution in [2.45, 2.75) is 12.3 Å². The standard InChI is InChI=1S/C18H18FNO2.ClH/c1-20-12-15(19)17(13-6-3-2-4-7-13)22-16-9-5-8-14-10-11-21-18(14)16;/h2-11,15,17,20H,12H2,1H3;1H/t15-,17-;/m0./s1. The van der Waals surface area contributed by atoms with Crippen molar-refractivity contribution in [3.63, 3.8) is 0 Å². The SMILES string of the molecule is CNC[C@H](F)[C@@H](Oc1cccc2ccoc12)c1ccccc1.Cl. The second kappa shape index (κ2) is 7.99. The lowest BCUT2D eigenvalue weighted by Gasteiger charge is -2.23. The molecule has 0 saturated heterocycles. The number of furan rings is 1. The van der Waals surface area contributed by atoms with Gasteiger partial charge in [-0.2, -0.15) is 0 Å². The molecular formula is C18H19ClFNO2. The predicted octanol–water partition coefficient (Wildman–Crippen LogP) is 4.53. The topological polar surface area (TPSA) is 34.4 Å². The number of nitrogens with one attached hydrogen (secondary N) is 1. The van der Waals surface area contributed by atoms with Crippen LogP contribution in [0, 0.1) is 0 Å². The Bertz CT molecular complexity index is 732. The molecule has 1 N–H and O–H groups in total. The van der Waals surface area contributed by atoms with Crippen LogP contribution in [0.3, 0.4) is 0 Å². The van der Waals surface area contributed by atoms with Crippen molar-refractivity contribution in [3.05, 3.63) is 66.4 Å². The molecule has 2 aromatic carbocycles. The van der Waals surface area contributed by atoms with Crippen LogP contribution in [0.2, 0.25) is 0 Å². The maximum absolute atomic E-state index is 14.5. The van der Waals surface area contributed by atoms with Crippen molar-refractivity contribution in [1.82, 2.24) is 5.32 Å². The smallest absolute Gasteiger partial charge is 0.175 e. The minimum absolute atomic E-state index is 0. The number of benzene rings is 2. The molecule has 1 aromatic heterocycles. The summed E-state index contributed by atoms with van der Waals surface area (Å²) in [5.74, 6) is 0.551. The molecule has 0 amide bonds. The fraction of sp³-hybridized carbons (Fsp3) is 0.222. The Labute approximate surface area is 140 Å². The molecule has 0 aliphatic heterocycles. The number of alkyl halides is 1. The zero-order valence-corrected chi connectivity index (χ0v) is 13.6. The second-order valence-corrected chi connectivity index (χ2v) is 5.12. The highest BCUT2D eigenvalue weighted by atomic mass is 35.5. The lowest BCUT2D eigenvalue weighted by Crippen LogP contribution is -2.29. The molecule has 3 aromatic rings. The second-order valence-electron chi connectivity index (χ2n) is 5.12. The molecule has 0 spiro atoms. The summed E-state index contributed by atoms with van der Waals surface area (Å²) in [4.78, 5) is 0. The summed E-state index contributed by atoms with van der Waals surface area (Å²) < 4.78 is 26.0. The van der Waals surface area contributed by atoms with E-state index in [9.17, 15) is 4.39 Å². The third-order valence-corrected chi connectivity index (χ3v) is 3.55. The first-order valence-electron chi connectivity index (χ1n) is 7.26. The lowest BCUT2D eigenvalue weighted by atomic mass is 10.0. The predicted molar refractivity (Wildman–Crippen MR) is 92.1 cm³/mol. The Hall–Kier alpha value is -2.04. The van der Waals surface area contributed by atoms with Gasteiger partial charge in [0.1, 0.15) is 0 Å². The first kappa shape index (κ1) is 17.3. The number of ether oxygens (including phenoxy) is 1. The van der Waals surface area contributed by atoms with Crippen LogP contribution in [0.1, 0.15) is 11.7 Å². The number of hydrogen-bond acceptors (Lipinski definition) is 3. The minimum Gasteiger partial charge on any atom is -0.479 e. The average molecular weight is 336 g/mol.